The normalized spacial score (nSPS) is 25.3. The van der Waals surface area contributed by atoms with E-state index in [4.69, 9.17) is 4.52 Å². The summed E-state index contributed by atoms with van der Waals surface area (Å²) in [5.41, 5.74) is 0.834. The minimum absolute atomic E-state index is 0.0869. The molecule has 1 aromatic carbocycles. The van der Waals surface area contributed by atoms with Gasteiger partial charge in [0, 0.05) is 25.1 Å². The molecular weight excluding hydrogens is 402 g/mol. The van der Waals surface area contributed by atoms with Crippen molar-refractivity contribution in [3.8, 4) is 11.4 Å². The average molecular weight is 430 g/mol. The standard InChI is InChI=1S/C22H27N3O4S/c26-19(13-16-7-3-1-4-8-16)25-14-22(15-25)18(11-12-30(22,27)28)21-23-20(24-29-21)17-9-5-2-6-10-17/h2,5-6,9-10,16,18H,1,3-4,7-8,11-15H2. The molecule has 1 spiro atoms. The first-order chi connectivity index (χ1) is 14.5. The number of sulfone groups is 1. The van der Waals surface area contributed by atoms with Crippen molar-refractivity contribution in [2.75, 3.05) is 18.8 Å². The lowest BCUT2D eigenvalue weighted by atomic mass is 9.81. The van der Waals surface area contributed by atoms with Crippen molar-refractivity contribution >= 4 is 15.7 Å². The van der Waals surface area contributed by atoms with Gasteiger partial charge in [-0.1, -0.05) is 54.8 Å². The molecule has 8 heteroatoms. The van der Waals surface area contributed by atoms with Crippen molar-refractivity contribution in [3.05, 3.63) is 36.2 Å². The van der Waals surface area contributed by atoms with Gasteiger partial charge in [-0.05, 0) is 25.2 Å². The highest BCUT2D eigenvalue weighted by atomic mass is 32.2. The van der Waals surface area contributed by atoms with E-state index < -0.39 is 14.6 Å². The first-order valence-electron chi connectivity index (χ1n) is 10.9. The zero-order valence-electron chi connectivity index (χ0n) is 17.0. The molecule has 5 rings (SSSR count). The molecule has 1 amide bonds. The molecule has 1 aliphatic carbocycles. The highest BCUT2D eigenvalue weighted by Gasteiger charge is 2.64. The summed E-state index contributed by atoms with van der Waals surface area (Å²) in [5.74, 6) is 1.12. The Morgan fingerprint density at radius 2 is 1.83 bits per heavy atom. The molecular formula is C22H27N3O4S. The van der Waals surface area contributed by atoms with E-state index in [-0.39, 0.29) is 30.7 Å². The summed E-state index contributed by atoms with van der Waals surface area (Å²) in [6, 6.07) is 9.50. The fourth-order valence-electron chi connectivity index (χ4n) is 5.35. The van der Waals surface area contributed by atoms with Crippen LogP contribution in [0.25, 0.3) is 11.4 Å². The van der Waals surface area contributed by atoms with Crippen LogP contribution in [0.15, 0.2) is 34.9 Å². The highest BCUT2D eigenvalue weighted by Crippen LogP contribution is 2.50. The summed E-state index contributed by atoms with van der Waals surface area (Å²) in [6.07, 6.45) is 6.86. The first-order valence-corrected chi connectivity index (χ1v) is 12.5. The van der Waals surface area contributed by atoms with Gasteiger partial charge in [0.15, 0.2) is 9.84 Å². The Morgan fingerprint density at radius 3 is 2.57 bits per heavy atom. The number of aromatic nitrogens is 2. The van der Waals surface area contributed by atoms with Crippen LogP contribution in [-0.4, -0.2) is 53.0 Å². The molecule has 1 unspecified atom stereocenters. The summed E-state index contributed by atoms with van der Waals surface area (Å²) < 4.78 is 30.5. The third-order valence-corrected chi connectivity index (χ3v) is 9.71. The lowest BCUT2D eigenvalue weighted by Gasteiger charge is -2.49. The van der Waals surface area contributed by atoms with E-state index in [0.717, 1.165) is 18.4 Å². The lowest BCUT2D eigenvalue weighted by Crippen LogP contribution is -2.67. The van der Waals surface area contributed by atoms with Crippen LogP contribution in [0.1, 0.15) is 56.8 Å². The number of rotatable bonds is 4. The van der Waals surface area contributed by atoms with Gasteiger partial charge in [0.1, 0.15) is 4.75 Å². The second-order valence-electron chi connectivity index (χ2n) is 9.01. The number of carbonyl (C=O) groups is 1. The molecule has 7 nitrogen and oxygen atoms in total. The Balaban J connectivity index is 1.33. The maximum absolute atomic E-state index is 13.0. The van der Waals surface area contributed by atoms with Gasteiger partial charge in [0.05, 0.1) is 11.7 Å². The van der Waals surface area contributed by atoms with Gasteiger partial charge in [0.2, 0.25) is 17.6 Å². The van der Waals surface area contributed by atoms with Crippen molar-refractivity contribution in [2.24, 2.45) is 5.92 Å². The number of likely N-dealkylation sites (tertiary alicyclic amines) is 1. The van der Waals surface area contributed by atoms with Crippen molar-refractivity contribution in [1.29, 1.82) is 0 Å². The van der Waals surface area contributed by atoms with Crippen LogP contribution < -0.4 is 0 Å². The van der Waals surface area contributed by atoms with E-state index in [1.54, 1.807) is 4.90 Å². The summed E-state index contributed by atoms with van der Waals surface area (Å²) in [4.78, 5) is 19.0. The number of hydrogen-bond donors (Lipinski definition) is 0. The highest BCUT2D eigenvalue weighted by molar-refractivity contribution is 7.93. The van der Waals surface area contributed by atoms with Gasteiger partial charge in [-0.25, -0.2) is 8.42 Å². The molecule has 0 bridgehead atoms. The molecule has 1 atom stereocenters. The third-order valence-electron chi connectivity index (χ3n) is 7.16. The van der Waals surface area contributed by atoms with Gasteiger partial charge >= 0.3 is 0 Å². The van der Waals surface area contributed by atoms with E-state index >= 15 is 0 Å². The number of nitrogens with zero attached hydrogens (tertiary/aromatic N) is 3. The molecule has 0 N–H and O–H groups in total. The van der Waals surface area contributed by atoms with Crippen LogP contribution in [0, 0.1) is 5.92 Å². The smallest absolute Gasteiger partial charge is 0.231 e. The van der Waals surface area contributed by atoms with E-state index in [1.165, 1.54) is 19.3 Å². The molecule has 2 saturated heterocycles. The fourth-order valence-corrected chi connectivity index (χ4v) is 7.66. The predicted molar refractivity (Wildman–Crippen MR) is 111 cm³/mol. The van der Waals surface area contributed by atoms with E-state index in [9.17, 15) is 13.2 Å². The van der Waals surface area contributed by atoms with Crippen molar-refractivity contribution in [2.45, 2.75) is 55.6 Å². The lowest BCUT2D eigenvalue weighted by molar-refractivity contribution is -0.138. The molecule has 0 radical (unpaired) electrons. The van der Waals surface area contributed by atoms with Gasteiger partial charge in [-0.3, -0.25) is 4.79 Å². The Morgan fingerprint density at radius 1 is 1.10 bits per heavy atom. The summed E-state index contributed by atoms with van der Waals surface area (Å²) in [5, 5.41) is 4.07. The van der Waals surface area contributed by atoms with Crippen molar-refractivity contribution < 1.29 is 17.7 Å². The number of amides is 1. The maximum Gasteiger partial charge on any atom is 0.231 e. The Kier molecular flexibility index (Phi) is 4.92. The minimum atomic E-state index is -3.32. The summed E-state index contributed by atoms with van der Waals surface area (Å²) in [6.45, 7) is 0.489. The number of carbonyl (C=O) groups excluding carboxylic acids is 1. The first kappa shape index (κ1) is 19.7. The molecule has 160 valence electrons. The number of benzene rings is 1. The molecule has 30 heavy (non-hydrogen) atoms. The van der Waals surface area contributed by atoms with Gasteiger partial charge in [-0.2, -0.15) is 4.98 Å². The second kappa shape index (κ2) is 7.48. The summed E-state index contributed by atoms with van der Waals surface area (Å²) in [7, 11) is -3.32. The third kappa shape index (κ3) is 3.25. The quantitative estimate of drug-likeness (QED) is 0.741. The van der Waals surface area contributed by atoms with Crippen LogP contribution in [-0.2, 0) is 14.6 Å². The van der Waals surface area contributed by atoms with Crippen LogP contribution >= 0.6 is 0 Å². The number of hydrogen-bond acceptors (Lipinski definition) is 6. The van der Waals surface area contributed by atoms with E-state index in [1.807, 2.05) is 30.3 Å². The van der Waals surface area contributed by atoms with Gasteiger partial charge in [-0.15, -0.1) is 0 Å². The molecule has 2 aliphatic heterocycles. The molecule has 3 fully saturated rings. The second-order valence-corrected chi connectivity index (χ2v) is 11.5. The summed E-state index contributed by atoms with van der Waals surface area (Å²) >= 11 is 0. The zero-order chi connectivity index (χ0) is 20.8. The Hall–Kier alpha value is -2.22. The minimum Gasteiger partial charge on any atom is -0.339 e. The molecule has 1 saturated carbocycles. The predicted octanol–water partition coefficient (Wildman–Crippen LogP) is 3.19. The van der Waals surface area contributed by atoms with Crippen molar-refractivity contribution in [1.82, 2.24) is 15.0 Å². The van der Waals surface area contributed by atoms with Crippen LogP contribution in [0.3, 0.4) is 0 Å². The molecule has 3 aliphatic rings. The molecule has 2 aromatic rings. The van der Waals surface area contributed by atoms with Crippen LogP contribution in [0.4, 0.5) is 0 Å². The molecule has 3 heterocycles. The monoisotopic (exact) mass is 429 g/mol. The van der Waals surface area contributed by atoms with Gasteiger partial charge < -0.3 is 9.42 Å². The topological polar surface area (TPSA) is 93.4 Å². The largest absolute Gasteiger partial charge is 0.339 e. The SMILES string of the molecule is O=C(CC1CCCCC1)N1CC2(C1)C(c1nc(-c3ccccc3)no1)CCS2(=O)=O. The zero-order valence-corrected chi connectivity index (χ0v) is 17.8. The van der Waals surface area contributed by atoms with E-state index in [2.05, 4.69) is 10.1 Å². The van der Waals surface area contributed by atoms with Crippen LogP contribution in [0.2, 0.25) is 0 Å². The van der Waals surface area contributed by atoms with Gasteiger partial charge in [0.25, 0.3) is 0 Å². The van der Waals surface area contributed by atoms with E-state index in [0.29, 0.717) is 30.5 Å². The average Bonchev–Trinajstić information content (AvgIpc) is 3.30. The fraction of sp³-hybridized carbons (Fsp3) is 0.591. The van der Waals surface area contributed by atoms with Crippen molar-refractivity contribution in [3.63, 3.8) is 0 Å². The Bertz CT molecular complexity index is 1020. The maximum atomic E-state index is 13.0. The Labute approximate surface area is 176 Å². The molecule has 1 aromatic heterocycles. The van der Waals surface area contributed by atoms with Crippen LogP contribution in [0.5, 0.6) is 0 Å².